The van der Waals surface area contributed by atoms with Crippen LogP contribution in [0.4, 0.5) is 0 Å². The Morgan fingerprint density at radius 2 is 2.36 bits per heavy atom. The van der Waals surface area contributed by atoms with E-state index in [9.17, 15) is 4.79 Å². The third-order valence-corrected chi connectivity index (χ3v) is 1.80. The predicted octanol–water partition coefficient (Wildman–Crippen LogP) is 0.827. The Bertz CT molecular complexity index is 483. The predicted molar refractivity (Wildman–Crippen MR) is 49.7 cm³/mol. The molecule has 0 aromatic carbocycles. The topological polar surface area (TPSA) is 67.5 Å². The van der Waals surface area contributed by atoms with E-state index in [0.29, 0.717) is 11.3 Å². The van der Waals surface area contributed by atoms with Crippen LogP contribution in [0.15, 0.2) is 31.1 Å². The first-order valence-electron chi connectivity index (χ1n) is 3.91. The Morgan fingerprint density at radius 3 is 3.00 bits per heavy atom. The third-order valence-electron chi connectivity index (χ3n) is 1.80. The molecular weight excluding hydrogens is 182 g/mol. The molecule has 0 aliphatic heterocycles. The first kappa shape index (κ1) is 8.43. The second kappa shape index (κ2) is 2.95. The van der Waals surface area contributed by atoms with Crippen molar-refractivity contribution in [3.8, 4) is 0 Å². The molecule has 0 aliphatic carbocycles. The van der Waals surface area contributed by atoms with Gasteiger partial charge in [0.15, 0.2) is 5.65 Å². The first-order chi connectivity index (χ1) is 6.68. The van der Waals surface area contributed by atoms with Crippen LogP contribution in [0.3, 0.4) is 0 Å². The van der Waals surface area contributed by atoms with Crippen molar-refractivity contribution in [3.05, 3.63) is 36.8 Å². The molecule has 2 rings (SSSR count). The van der Waals surface area contributed by atoms with Gasteiger partial charge in [-0.25, -0.2) is 14.3 Å². The molecule has 0 amide bonds. The molecule has 0 unspecified atom stereocenters. The Hall–Kier alpha value is -2.17. The zero-order valence-corrected chi connectivity index (χ0v) is 7.21. The minimum Gasteiger partial charge on any atom is -0.478 e. The third kappa shape index (κ3) is 1.24. The van der Waals surface area contributed by atoms with Crippen molar-refractivity contribution in [3.63, 3.8) is 0 Å². The summed E-state index contributed by atoms with van der Waals surface area (Å²) in [4.78, 5) is 14.6. The van der Waals surface area contributed by atoms with E-state index in [1.807, 2.05) is 0 Å². The molecule has 70 valence electrons. The van der Waals surface area contributed by atoms with Crippen LogP contribution in [-0.2, 0) is 4.79 Å². The Balaban J connectivity index is 2.55. The van der Waals surface area contributed by atoms with Gasteiger partial charge in [0, 0.05) is 18.5 Å². The second-order valence-corrected chi connectivity index (χ2v) is 2.74. The molecule has 1 N–H and O–H groups in total. The number of carboxylic acids is 1. The average Bonchev–Trinajstić information content (AvgIpc) is 2.59. The van der Waals surface area contributed by atoms with Gasteiger partial charge in [-0.2, -0.15) is 5.10 Å². The lowest BCUT2D eigenvalue weighted by atomic mass is 10.2. The van der Waals surface area contributed by atoms with Gasteiger partial charge in [0.2, 0.25) is 0 Å². The van der Waals surface area contributed by atoms with Crippen LogP contribution in [-0.4, -0.2) is 25.7 Å². The monoisotopic (exact) mass is 189 g/mol. The molecule has 2 aromatic heterocycles. The normalized spacial score (nSPS) is 10.3. The fourth-order valence-corrected chi connectivity index (χ4v) is 1.09. The fourth-order valence-electron chi connectivity index (χ4n) is 1.09. The SMILES string of the molecule is C=C(C(=O)O)c1cc2ncccn2n1. The summed E-state index contributed by atoms with van der Waals surface area (Å²) in [6.45, 7) is 3.42. The molecule has 0 bridgehead atoms. The summed E-state index contributed by atoms with van der Waals surface area (Å²) in [5, 5.41) is 12.7. The highest BCUT2D eigenvalue weighted by atomic mass is 16.4. The minimum absolute atomic E-state index is 0.0319. The summed E-state index contributed by atoms with van der Waals surface area (Å²) in [5.41, 5.74) is 0.900. The summed E-state index contributed by atoms with van der Waals surface area (Å²) in [6.07, 6.45) is 3.31. The average molecular weight is 189 g/mol. The van der Waals surface area contributed by atoms with Crippen molar-refractivity contribution < 1.29 is 9.90 Å². The van der Waals surface area contributed by atoms with Gasteiger partial charge in [-0.05, 0) is 6.07 Å². The maximum absolute atomic E-state index is 10.6. The number of aromatic nitrogens is 3. The van der Waals surface area contributed by atoms with Crippen molar-refractivity contribution in [1.82, 2.24) is 14.6 Å². The molecular formula is C9H7N3O2. The molecule has 0 atom stereocenters. The van der Waals surface area contributed by atoms with Crippen LogP contribution in [0.5, 0.6) is 0 Å². The molecule has 2 aromatic rings. The number of rotatable bonds is 2. The maximum Gasteiger partial charge on any atom is 0.337 e. The van der Waals surface area contributed by atoms with Gasteiger partial charge in [0.25, 0.3) is 0 Å². The first-order valence-corrected chi connectivity index (χ1v) is 3.91. The molecule has 0 fully saturated rings. The molecule has 0 aliphatic rings. The number of fused-ring (bicyclic) bond motifs is 1. The zero-order chi connectivity index (χ0) is 10.1. The maximum atomic E-state index is 10.6. The number of nitrogens with zero attached hydrogens (tertiary/aromatic N) is 3. The van der Waals surface area contributed by atoms with Crippen molar-refractivity contribution in [2.75, 3.05) is 0 Å². The van der Waals surface area contributed by atoms with Gasteiger partial charge in [-0.1, -0.05) is 6.58 Å². The van der Waals surface area contributed by atoms with Gasteiger partial charge in [-0.3, -0.25) is 0 Å². The van der Waals surface area contributed by atoms with E-state index in [2.05, 4.69) is 16.7 Å². The van der Waals surface area contributed by atoms with E-state index >= 15 is 0 Å². The van der Waals surface area contributed by atoms with E-state index in [1.165, 1.54) is 4.52 Å². The Labute approximate surface area is 79.3 Å². The zero-order valence-electron chi connectivity index (χ0n) is 7.21. The van der Waals surface area contributed by atoms with Crippen LogP contribution in [0.2, 0.25) is 0 Å². The van der Waals surface area contributed by atoms with Crippen LogP contribution >= 0.6 is 0 Å². The Morgan fingerprint density at radius 1 is 1.57 bits per heavy atom. The molecule has 14 heavy (non-hydrogen) atoms. The van der Waals surface area contributed by atoms with E-state index < -0.39 is 5.97 Å². The molecule has 0 saturated heterocycles. The summed E-state index contributed by atoms with van der Waals surface area (Å²) < 4.78 is 1.50. The lowest BCUT2D eigenvalue weighted by molar-refractivity contribution is -0.130. The summed E-state index contributed by atoms with van der Waals surface area (Å²) >= 11 is 0. The van der Waals surface area contributed by atoms with Gasteiger partial charge in [0.1, 0.15) is 5.69 Å². The summed E-state index contributed by atoms with van der Waals surface area (Å²) in [7, 11) is 0. The molecule has 0 spiro atoms. The van der Waals surface area contributed by atoms with E-state index in [4.69, 9.17) is 5.11 Å². The number of carbonyl (C=O) groups is 1. The second-order valence-electron chi connectivity index (χ2n) is 2.74. The molecule has 2 heterocycles. The van der Waals surface area contributed by atoms with Gasteiger partial charge < -0.3 is 5.11 Å². The van der Waals surface area contributed by atoms with Crippen molar-refractivity contribution in [1.29, 1.82) is 0 Å². The standard InChI is InChI=1S/C9H7N3O2/c1-6(9(13)14)7-5-8-10-3-2-4-12(8)11-7/h2-5H,1H2,(H,13,14). The molecule has 5 heteroatoms. The van der Waals surface area contributed by atoms with Gasteiger partial charge >= 0.3 is 5.97 Å². The van der Waals surface area contributed by atoms with Crippen molar-refractivity contribution in [2.24, 2.45) is 0 Å². The van der Waals surface area contributed by atoms with E-state index in [1.54, 1.807) is 24.5 Å². The van der Waals surface area contributed by atoms with E-state index in [0.717, 1.165) is 0 Å². The van der Waals surface area contributed by atoms with Crippen molar-refractivity contribution in [2.45, 2.75) is 0 Å². The molecule has 0 radical (unpaired) electrons. The number of aliphatic carboxylic acids is 1. The largest absolute Gasteiger partial charge is 0.478 e. The fraction of sp³-hybridized carbons (Fsp3) is 0. The van der Waals surface area contributed by atoms with E-state index in [-0.39, 0.29) is 5.57 Å². The quantitative estimate of drug-likeness (QED) is 0.710. The summed E-state index contributed by atoms with van der Waals surface area (Å²) in [6, 6.07) is 3.30. The highest BCUT2D eigenvalue weighted by Gasteiger charge is 2.11. The lowest BCUT2D eigenvalue weighted by Crippen LogP contribution is -1.98. The molecule has 5 nitrogen and oxygen atoms in total. The van der Waals surface area contributed by atoms with Gasteiger partial charge in [-0.15, -0.1) is 0 Å². The van der Waals surface area contributed by atoms with Crippen molar-refractivity contribution >= 4 is 17.2 Å². The minimum atomic E-state index is -1.08. The number of hydrogen-bond acceptors (Lipinski definition) is 3. The van der Waals surface area contributed by atoms with Crippen LogP contribution in [0.1, 0.15) is 5.69 Å². The Kier molecular flexibility index (Phi) is 1.78. The van der Waals surface area contributed by atoms with Crippen LogP contribution < -0.4 is 0 Å². The molecule has 0 saturated carbocycles. The number of hydrogen-bond donors (Lipinski definition) is 1. The van der Waals surface area contributed by atoms with Crippen LogP contribution in [0.25, 0.3) is 11.2 Å². The highest BCUT2D eigenvalue weighted by molar-refractivity contribution is 6.13. The smallest absolute Gasteiger partial charge is 0.337 e. The van der Waals surface area contributed by atoms with Gasteiger partial charge in [0.05, 0.1) is 5.57 Å². The van der Waals surface area contributed by atoms with Crippen LogP contribution in [0, 0.1) is 0 Å². The summed E-state index contributed by atoms with van der Waals surface area (Å²) in [5.74, 6) is -1.08. The number of carboxylic acid groups (broad SMARTS) is 1. The highest BCUT2D eigenvalue weighted by Crippen LogP contribution is 2.11. The lowest BCUT2D eigenvalue weighted by Gasteiger charge is -1.91.